The Morgan fingerprint density at radius 2 is 2.46 bits per heavy atom. The number of anilines is 1. The molecular formula is C7H6N4O2. The van der Waals surface area contributed by atoms with Crippen LogP contribution in [0.2, 0.25) is 0 Å². The summed E-state index contributed by atoms with van der Waals surface area (Å²) < 4.78 is 1.41. The van der Waals surface area contributed by atoms with E-state index in [2.05, 4.69) is 15.4 Å². The van der Waals surface area contributed by atoms with Crippen molar-refractivity contribution in [1.82, 2.24) is 14.6 Å². The molecule has 6 heteroatoms. The summed E-state index contributed by atoms with van der Waals surface area (Å²) in [6.07, 6.45) is 1.84. The van der Waals surface area contributed by atoms with Crippen LogP contribution in [0.3, 0.4) is 0 Å². The molecule has 66 valence electrons. The van der Waals surface area contributed by atoms with Crippen molar-refractivity contribution in [3.63, 3.8) is 0 Å². The van der Waals surface area contributed by atoms with E-state index in [4.69, 9.17) is 5.11 Å². The van der Waals surface area contributed by atoms with Gasteiger partial charge in [-0.3, -0.25) is 5.32 Å². The van der Waals surface area contributed by atoms with Gasteiger partial charge in [-0.25, -0.2) is 9.78 Å². The molecule has 0 saturated heterocycles. The van der Waals surface area contributed by atoms with E-state index >= 15 is 0 Å². The zero-order valence-electron chi connectivity index (χ0n) is 6.51. The SMILES string of the molecule is O=C(O)Nc1cnc2cccnn12. The van der Waals surface area contributed by atoms with E-state index in [1.165, 1.54) is 10.7 Å². The number of fused-ring (bicyclic) bond motifs is 1. The zero-order valence-corrected chi connectivity index (χ0v) is 6.51. The van der Waals surface area contributed by atoms with Gasteiger partial charge in [0.2, 0.25) is 0 Å². The van der Waals surface area contributed by atoms with E-state index in [1.807, 2.05) is 0 Å². The number of hydrogen-bond donors (Lipinski definition) is 2. The molecule has 0 fully saturated rings. The highest BCUT2D eigenvalue weighted by Gasteiger charge is 2.04. The van der Waals surface area contributed by atoms with Gasteiger partial charge in [0.25, 0.3) is 0 Å². The Balaban J connectivity index is 2.51. The number of nitrogens with zero attached hydrogens (tertiary/aromatic N) is 3. The summed E-state index contributed by atoms with van der Waals surface area (Å²) >= 11 is 0. The molecule has 0 radical (unpaired) electrons. The van der Waals surface area contributed by atoms with Gasteiger partial charge >= 0.3 is 6.09 Å². The Morgan fingerprint density at radius 1 is 1.62 bits per heavy atom. The standard InChI is InChI=1S/C7H6N4O2/c12-7(13)10-6-4-8-5-2-1-3-9-11(5)6/h1-4,10H,(H,12,13). The second-order valence-corrected chi connectivity index (χ2v) is 2.37. The third kappa shape index (κ3) is 1.28. The molecule has 0 saturated carbocycles. The van der Waals surface area contributed by atoms with E-state index < -0.39 is 6.09 Å². The van der Waals surface area contributed by atoms with Crippen molar-refractivity contribution in [2.75, 3.05) is 5.32 Å². The molecule has 0 aromatic carbocycles. The van der Waals surface area contributed by atoms with Crippen LogP contribution in [0.1, 0.15) is 0 Å². The van der Waals surface area contributed by atoms with Crippen LogP contribution in [0.4, 0.5) is 10.6 Å². The number of nitrogens with one attached hydrogen (secondary N) is 1. The topological polar surface area (TPSA) is 79.5 Å². The van der Waals surface area contributed by atoms with Crippen LogP contribution in [0.15, 0.2) is 24.5 Å². The molecule has 2 rings (SSSR count). The van der Waals surface area contributed by atoms with E-state index in [1.54, 1.807) is 18.3 Å². The highest BCUT2D eigenvalue weighted by molar-refractivity contribution is 5.81. The summed E-state index contributed by atoms with van der Waals surface area (Å²) in [5, 5.41) is 14.6. The van der Waals surface area contributed by atoms with Crippen molar-refractivity contribution in [3.8, 4) is 0 Å². The minimum Gasteiger partial charge on any atom is -0.465 e. The normalized spacial score (nSPS) is 10.2. The molecule has 13 heavy (non-hydrogen) atoms. The molecule has 1 amide bonds. The molecule has 2 aromatic heterocycles. The van der Waals surface area contributed by atoms with Crippen molar-refractivity contribution in [3.05, 3.63) is 24.5 Å². The maximum Gasteiger partial charge on any atom is 0.410 e. The highest BCUT2D eigenvalue weighted by Crippen LogP contribution is 2.08. The largest absolute Gasteiger partial charge is 0.465 e. The van der Waals surface area contributed by atoms with Crippen LogP contribution in [0, 0.1) is 0 Å². The van der Waals surface area contributed by atoms with Gasteiger partial charge in [-0.1, -0.05) is 0 Å². The minimum atomic E-state index is -1.13. The molecule has 2 heterocycles. The summed E-state index contributed by atoms with van der Waals surface area (Å²) in [4.78, 5) is 14.3. The number of amides is 1. The molecule has 2 aromatic rings. The number of carboxylic acid groups (broad SMARTS) is 1. The lowest BCUT2D eigenvalue weighted by molar-refractivity contribution is 0.209. The van der Waals surface area contributed by atoms with Crippen LogP contribution in [0.25, 0.3) is 5.65 Å². The van der Waals surface area contributed by atoms with Gasteiger partial charge in [0.15, 0.2) is 11.5 Å². The number of aromatic nitrogens is 3. The molecule has 0 spiro atoms. The fourth-order valence-electron chi connectivity index (χ4n) is 1.02. The summed E-state index contributed by atoms with van der Waals surface area (Å²) in [6, 6.07) is 3.47. The number of hydrogen-bond acceptors (Lipinski definition) is 3. The monoisotopic (exact) mass is 178 g/mol. The molecule has 6 nitrogen and oxygen atoms in total. The number of rotatable bonds is 1. The molecule has 0 atom stereocenters. The predicted molar refractivity (Wildman–Crippen MR) is 44.6 cm³/mol. The maximum absolute atomic E-state index is 10.3. The molecule has 0 bridgehead atoms. The third-order valence-corrected chi connectivity index (χ3v) is 1.51. The lowest BCUT2D eigenvalue weighted by Crippen LogP contribution is -2.09. The quantitative estimate of drug-likeness (QED) is 0.677. The second kappa shape index (κ2) is 2.74. The minimum absolute atomic E-state index is 0.336. The summed E-state index contributed by atoms with van der Waals surface area (Å²) in [7, 11) is 0. The average Bonchev–Trinajstić information content (AvgIpc) is 2.48. The van der Waals surface area contributed by atoms with E-state index in [9.17, 15) is 4.79 Å². The lowest BCUT2D eigenvalue weighted by Gasteiger charge is -1.97. The van der Waals surface area contributed by atoms with Crippen LogP contribution in [-0.2, 0) is 0 Å². The first-order chi connectivity index (χ1) is 6.27. The fourth-order valence-corrected chi connectivity index (χ4v) is 1.02. The summed E-state index contributed by atoms with van der Waals surface area (Å²) in [6.45, 7) is 0. The van der Waals surface area contributed by atoms with Crippen LogP contribution < -0.4 is 5.32 Å². The van der Waals surface area contributed by atoms with Gasteiger partial charge in [-0.15, -0.1) is 0 Å². The van der Waals surface area contributed by atoms with E-state index in [-0.39, 0.29) is 0 Å². The second-order valence-electron chi connectivity index (χ2n) is 2.37. The van der Waals surface area contributed by atoms with Gasteiger partial charge in [0.1, 0.15) is 0 Å². The Morgan fingerprint density at radius 3 is 3.23 bits per heavy atom. The van der Waals surface area contributed by atoms with Gasteiger partial charge in [0, 0.05) is 6.20 Å². The molecule has 0 aliphatic carbocycles. The van der Waals surface area contributed by atoms with Crippen molar-refractivity contribution in [2.24, 2.45) is 0 Å². The molecular weight excluding hydrogens is 172 g/mol. The lowest BCUT2D eigenvalue weighted by atomic mass is 10.6. The van der Waals surface area contributed by atoms with E-state index in [0.717, 1.165) is 0 Å². The molecule has 0 aliphatic heterocycles. The van der Waals surface area contributed by atoms with Gasteiger partial charge in [-0.05, 0) is 12.1 Å². The van der Waals surface area contributed by atoms with Gasteiger partial charge in [-0.2, -0.15) is 9.61 Å². The molecule has 2 N–H and O–H groups in total. The Labute approximate surface area is 72.8 Å². The summed E-state index contributed by atoms with van der Waals surface area (Å²) in [5.41, 5.74) is 0.603. The van der Waals surface area contributed by atoms with Crippen LogP contribution in [0.5, 0.6) is 0 Å². The molecule has 0 aliphatic rings. The predicted octanol–water partition coefficient (Wildman–Crippen LogP) is 0.819. The van der Waals surface area contributed by atoms with E-state index in [0.29, 0.717) is 11.5 Å². The smallest absolute Gasteiger partial charge is 0.410 e. The number of carbonyl (C=O) groups is 1. The van der Waals surface area contributed by atoms with Crippen molar-refractivity contribution in [2.45, 2.75) is 0 Å². The average molecular weight is 178 g/mol. The van der Waals surface area contributed by atoms with Crippen molar-refractivity contribution >= 4 is 17.6 Å². The zero-order chi connectivity index (χ0) is 9.26. The fraction of sp³-hybridized carbons (Fsp3) is 0. The number of imidazole rings is 1. The van der Waals surface area contributed by atoms with Crippen molar-refractivity contribution < 1.29 is 9.90 Å². The Hall–Kier alpha value is -2.11. The maximum atomic E-state index is 10.3. The highest BCUT2D eigenvalue weighted by atomic mass is 16.4. The summed E-state index contributed by atoms with van der Waals surface area (Å²) in [5.74, 6) is 0.336. The van der Waals surface area contributed by atoms with Gasteiger partial charge < -0.3 is 5.11 Å². The van der Waals surface area contributed by atoms with Gasteiger partial charge in [0.05, 0.1) is 6.20 Å². The third-order valence-electron chi connectivity index (χ3n) is 1.51. The Kier molecular flexibility index (Phi) is 1.59. The first-order valence-electron chi connectivity index (χ1n) is 3.56. The first kappa shape index (κ1) is 7.53. The van der Waals surface area contributed by atoms with Crippen LogP contribution >= 0.6 is 0 Å². The Bertz CT molecular complexity index is 450. The van der Waals surface area contributed by atoms with Crippen molar-refractivity contribution in [1.29, 1.82) is 0 Å². The van der Waals surface area contributed by atoms with Crippen LogP contribution in [-0.4, -0.2) is 25.8 Å². The molecule has 0 unspecified atom stereocenters. The first-order valence-corrected chi connectivity index (χ1v) is 3.56.